The van der Waals surface area contributed by atoms with Crippen molar-refractivity contribution < 1.29 is 23.8 Å². The van der Waals surface area contributed by atoms with Crippen LogP contribution in [0.2, 0.25) is 10.0 Å². The van der Waals surface area contributed by atoms with Crippen LogP contribution in [-0.2, 0) is 14.3 Å². The highest BCUT2D eigenvalue weighted by Crippen LogP contribution is 2.37. The molecule has 0 fully saturated rings. The molecule has 0 unspecified atom stereocenters. The van der Waals surface area contributed by atoms with Gasteiger partial charge in [0.25, 0.3) is 5.91 Å². The van der Waals surface area contributed by atoms with Crippen molar-refractivity contribution in [1.82, 2.24) is 0 Å². The Labute approximate surface area is 170 Å². The maximum atomic E-state index is 12.2. The van der Waals surface area contributed by atoms with E-state index in [4.69, 9.17) is 43.1 Å². The number of nitrogens with two attached hydrogens (primary N) is 1. The molecule has 9 heteroatoms. The first kappa shape index (κ1) is 19.7. The zero-order valence-corrected chi connectivity index (χ0v) is 16.1. The number of primary amides is 1. The summed E-state index contributed by atoms with van der Waals surface area (Å²) in [6.07, 6.45) is 1.48. The summed E-state index contributed by atoms with van der Waals surface area (Å²) in [4.78, 5) is 27.3. The fourth-order valence-electron chi connectivity index (χ4n) is 2.42. The SMILES string of the molecule is COc1cc(/C=C2/N=C(c3ccccc3Cl)OC2=O)cc(Cl)c1OCC(N)=O. The molecule has 2 N–H and O–H groups in total. The summed E-state index contributed by atoms with van der Waals surface area (Å²) in [6, 6.07) is 9.99. The van der Waals surface area contributed by atoms with E-state index in [-0.39, 0.29) is 34.7 Å². The molecule has 1 aliphatic rings. The molecular weight excluding hydrogens is 407 g/mol. The summed E-state index contributed by atoms with van der Waals surface area (Å²) in [5, 5.41) is 0.588. The minimum Gasteiger partial charge on any atom is -0.493 e. The normalized spacial score (nSPS) is 14.6. The average Bonchev–Trinajstić information content (AvgIpc) is 3.00. The second-order valence-electron chi connectivity index (χ2n) is 5.60. The van der Waals surface area contributed by atoms with E-state index < -0.39 is 11.9 Å². The Bertz CT molecular complexity index is 1020. The molecule has 0 atom stereocenters. The van der Waals surface area contributed by atoms with E-state index in [0.717, 1.165) is 0 Å². The third kappa shape index (κ3) is 4.27. The molecule has 7 nitrogen and oxygen atoms in total. The number of esters is 1. The molecule has 0 saturated carbocycles. The molecule has 144 valence electrons. The van der Waals surface area contributed by atoms with Gasteiger partial charge in [-0.3, -0.25) is 4.79 Å². The number of carbonyl (C=O) groups excluding carboxylic acids is 2. The Balaban J connectivity index is 1.94. The van der Waals surface area contributed by atoms with Gasteiger partial charge in [0, 0.05) is 0 Å². The predicted octanol–water partition coefficient (Wildman–Crippen LogP) is 3.21. The van der Waals surface area contributed by atoms with Gasteiger partial charge in [0.05, 0.1) is 22.7 Å². The first-order valence-corrected chi connectivity index (χ1v) is 8.70. The molecule has 2 aromatic rings. The van der Waals surface area contributed by atoms with Gasteiger partial charge in [-0.1, -0.05) is 35.3 Å². The van der Waals surface area contributed by atoms with Gasteiger partial charge in [-0.2, -0.15) is 0 Å². The number of nitrogens with zero attached hydrogens (tertiary/aromatic N) is 1. The van der Waals surface area contributed by atoms with Gasteiger partial charge in [0.2, 0.25) is 5.90 Å². The highest BCUT2D eigenvalue weighted by atomic mass is 35.5. The summed E-state index contributed by atoms with van der Waals surface area (Å²) in [7, 11) is 1.41. The van der Waals surface area contributed by atoms with E-state index in [1.54, 1.807) is 30.3 Å². The standard InChI is InChI=1S/C19H14Cl2N2O5/c1-26-15-8-10(6-13(21)17(15)27-9-16(22)24)7-14-19(25)28-18(23-14)11-4-2-3-5-12(11)20/h2-8H,9H2,1H3,(H2,22,24)/b14-7+. The molecule has 0 bridgehead atoms. The average molecular weight is 421 g/mol. The third-order valence-electron chi connectivity index (χ3n) is 3.64. The van der Waals surface area contributed by atoms with E-state index in [9.17, 15) is 9.59 Å². The van der Waals surface area contributed by atoms with Crippen molar-refractivity contribution in [3.8, 4) is 11.5 Å². The van der Waals surface area contributed by atoms with Crippen LogP contribution in [0, 0.1) is 0 Å². The number of hydrogen-bond donors (Lipinski definition) is 1. The Morgan fingerprint density at radius 2 is 2.00 bits per heavy atom. The number of ether oxygens (including phenoxy) is 3. The third-order valence-corrected chi connectivity index (χ3v) is 4.25. The van der Waals surface area contributed by atoms with Gasteiger partial charge in [-0.05, 0) is 35.9 Å². The molecule has 1 heterocycles. The van der Waals surface area contributed by atoms with Gasteiger partial charge in [-0.15, -0.1) is 0 Å². The van der Waals surface area contributed by atoms with Crippen LogP contribution in [0.25, 0.3) is 6.08 Å². The van der Waals surface area contributed by atoms with Crippen LogP contribution in [0.3, 0.4) is 0 Å². The second-order valence-corrected chi connectivity index (χ2v) is 6.42. The number of benzene rings is 2. The van der Waals surface area contributed by atoms with E-state index in [1.165, 1.54) is 19.3 Å². The molecular formula is C19H14Cl2N2O5. The molecule has 0 spiro atoms. The van der Waals surface area contributed by atoms with E-state index in [1.807, 2.05) is 0 Å². The highest BCUT2D eigenvalue weighted by molar-refractivity contribution is 6.34. The Morgan fingerprint density at radius 3 is 2.68 bits per heavy atom. The lowest BCUT2D eigenvalue weighted by Crippen LogP contribution is -2.20. The summed E-state index contributed by atoms with van der Waals surface area (Å²) < 4.78 is 15.7. The number of methoxy groups -OCH3 is 1. The molecule has 0 saturated heterocycles. The van der Waals surface area contributed by atoms with E-state index >= 15 is 0 Å². The van der Waals surface area contributed by atoms with Crippen LogP contribution in [-0.4, -0.2) is 31.5 Å². The van der Waals surface area contributed by atoms with Crippen molar-refractivity contribution >= 4 is 47.1 Å². The van der Waals surface area contributed by atoms with Crippen molar-refractivity contribution in [1.29, 1.82) is 0 Å². The minimum absolute atomic E-state index is 0.0684. The summed E-state index contributed by atoms with van der Waals surface area (Å²) in [5.74, 6) is -0.735. The molecule has 28 heavy (non-hydrogen) atoms. The Kier molecular flexibility index (Phi) is 5.87. The maximum Gasteiger partial charge on any atom is 0.363 e. The van der Waals surface area contributed by atoms with Crippen molar-refractivity contribution in [2.45, 2.75) is 0 Å². The smallest absolute Gasteiger partial charge is 0.363 e. The van der Waals surface area contributed by atoms with Crippen LogP contribution in [0.15, 0.2) is 47.1 Å². The zero-order valence-electron chi connectivity index (χ0n) is 14.6. The van der Waals surface area contributed by atoms with Gasteiger partial charge in [-0.25, -0.2) is 9.79 Å². The van der Waals surface area contributed by atoms with Crippen LogP contribution in [0.5, 0.6) is 11.5 Å². The number of hydrogen-bond acceptors (Lipinski definition) is 6. The van der Waals surface area contributed by atoms with Crippen molar-refractivity contribution in [3.05, 3.63) is 63.3 Å². The van der Waals surface area contributed by atoms with Crippen molar-refractivity contribution in [2.75, 3.05) is 13.7 Å². The van der Waals surface area contributed by atoms with Crippen molar-refractivity contribution in [2.24, 2.45) is 10.7 Å². The first-order chi connectivity index (χ1) is 13.4. The predicted molar refractivity (Wildman–Crippen MR) is 105 cm³/mol. The summed E-state index contributed by atoms with van der Waals surface area (Å²) in [6.45, 7) is -0.353. The number of rotatable bonds is 6. The van der Waals surface area contributed by atoms with E-state index in [0.29, 0.717) is 16.1 Å². The second kappa shape index (κ2) is 8.33. The number of aliphatic imine (C=N–C) groups is 1. The molecule has 0 radical (unpaired) electrons. The fourth-order valence-corrected chi connectivity index (χ4v) is 2.91. The fraction of sp³-hybridized carbons (Fsp3) is 0.105. The maximum absolute atomic E-state index is 12.2. The lowest BCUT2D eigenvalue weighted by atomic mass is 10.1. The topological polar surface area (TPSA) is 100 Å². The Hall–Kier alpha value is -3.03. The number of halogens is 2. The molecule has 2 aromatic carbocycles. The van der Waals surface area contributed by atoms with Gasteiger partial charge >= 0.3 is 5.97 Å². The molecule has 1 amide bonds. The molecule has 0 aliphatic carbocycles. The number of cyclic esters (lactones) is 1. The van der Waals surface area contributed by atoms with Gasteiger partial charge < -0.3 is 19.9 Å². The van der Waals surface area contributed by atoms with Crippen LogP contribution < -0.4 is 15.2 Å². The van der Waals surface area contributed by atoms with Crippen LogP contribution in [0.1, 0.15) is 11.1 Å². The zero-order chi connectivity index (χ0) is 20.3. The van der Waals surface area contributed by atoms with Gasteiger partial charge in [0.1, 0.15) is 0 Å². The summed E-state index contributed by atoms with van der Waals surface area (Å²) >= 11 is 12.3. The number of amides is 1. The largest absolute Gasteiger partial charge is 0.493 e. The summed E-state index contributed by atoms with van der Waals surface area (Å²) in [5.41, 5.74) is 6.17. The molecule has 1 aliphatic heterocycles. The lowest BCUT2D eigenvalue weighted by molar-refractivity contribution is -0.130. The van der Waals surface area contributed by atoms with Gasteiger partial charge in [0.15, 0.2) is 23.8 Å². The van der Waals surface area contributed by atoms with Crippen LogP contribution >= 0.6 is 23.2 Å². The quantitative estimate of drug-likeness (QED) is 0.570. The minimum atomic E-state index is -0.653. The van der Waals surface area contributed by atoms with E-state index in [2.05, 4.69) is 4.99 Å². The molecule has 3 rings (SSSR count). The Morgan fingerprint density at radius 1 is 1.25 bits per heavy atom. The monoisotopic (exact) mass is 420 g/mol. The number of carbonyl (C=O) groups is 2. The first-order valence-electron chi connectivity index (χ1n) is 7.95. The van der Waals surface area contributed by atoms with Crippen molar-refractivity contribution in [3.63, 3.8) is 0 Å². The lowest BCUT2D eigenvalue weighted by Gasteiger charge is -2.12. The van der Waals surface area contributed by atoms with Crippen LogP contribution in [0.4, 0.5) is 0 Å². The molecule has 0 aromatic heterocycles. The highest BCUT2D eigenvalue weighted by Gasteiger charge is 2.25.